The first-order valence-electron chi connectivity index (χ1n) is 8.46. The summed E-state index contributed by atoms with van der Waals surface area (Å²) in [6.07, 6.45) is 1.72. The van der Waals surface area contributed by atoms with Crippen LogP contribution in [0.15, 0.2) is 29.1 Å². The monoisotopic (exact) mass is 335 g/mol. The molecule has 5 heteroatoms. The van der Waals surface area contributed by atoms with Crippen LogP contribution in [0, 0.1) is 25.2 Å². The summed E-state index contributed by atoms with van der Waals surface area (Å²) in [6.45, 7) is 5.64. The lowest BCUT2D eigenvalue weighted by atomic mass is 9.99. The molecule has 2 aromatic rings. The van der Waals surface area contributed by atoms with Crippen molar-refractivity contribution >= 4 is 11.6 Å². The number of para-hydroxylation sites is 1. The molecule has 1 amide bonds. The fourth-order valence-corrected chi connectivity index (χ4v) is 3.72. The van der Waals surface area contributed by atoms with Crippen LogP contribution in [-0.4, -0.2) is 16.9 Å². The van der Waals surface area contributed by atoms with Gasteiger partial charge in [0.15, 0.2) is 0 Å². The molecule has 0 saturated carbocycles. The van der Waals surface area contributed by atoms with Crippen molar-refractivity contribution in [1.29, 1.82) is 5.26 Å². The van der Waals surface area contributed by atoms with Crippen LogP contribution in [-0.2, 0) is 17.6 Å². The highest BCUT2D eigenvalue weighted by Crippen LogP contribution is 2.32. The second-order valence-corrected chi connectivity index (χ2v) is 6.62. The Morgan fingerprint density at radius 2 is 2.08 bits per heavy atom. The molecule has 2 heterocycles. The van der Waals surface area contributed by atoms with E-state index in [4.69, 9.17) is 5.26 Å². The van der Waals surface area contributed by atoms with Gasteiger partial charge < -0.3 is 9.88 Å². The molecule has 1 atom stereocenters. The van der Waals surface area contributed by atoms with Gasteiger partial charge in [-0.3, -0.25) is 9.59 Å². The number of pyridine rings is 1. The van der Waals surface area contributed by atoms with E-state index in [2.05, 4.69) is 18.0 Å². The van der Waals surface area contributed by atoms with Gasteiger partial charge in [0, 0.05) is 23.8 Å². The van der Waals surface area contributed by atoms with Crippen LogP contribution >= 0.6 is 0 Å². The molecule has 0 saturated heterocycles. The lowest BCUT2D eigenvalue weighted by Gasteiger charge is -2.23. The van der Waals surface area contributed by atoms with Gasteiger partial charge in [-0.1, -0.05) is 18.2 Å². The van der Waals surface area contributed by atoms with Crippen LogP contribution in [0.5, 0.6) is 0 Å². The number of aryl methyl sites for hydroxylation is 1. The highest BCUT2D eigenvalue weighted by atomic mass is 16.2. The van der Waals surface area contributed by atoms with Crippen molar-refractivity contribution in [2.75, 3.05) is 4.90 Å². The third-order valence-corrected chi connectivity index (χ3v) is 4.99. The largest absolute Gasteiger partial charge is 0.325 e. The number of aromatic amines is 1. The summed E-state index contributed by atoms with van der Waals surface area (Å²) in [5, 5.41) is 9.16. The van der Waals surface area contributed by atoms with Crippen molar-refractivity contribution in [1.82, 2.24) is 4.98 Å². The minimum atomic E-state index is -0.366. The van der Waals surface area contributed by atoms with E-state index in [9.17, 15) is 9.59 Å². The number of carbonyl (C=O) groups is 1. The lowest BCUT2D eigenvalue weighted by Crippen LogP contribution is -2.36. The van der Waals surface area contributed by atoms with Crippen molar-refractivity contribution in [3.05, 3.63) is 62.6 Å². The molecule has 0 fully saturated rings. The fourth-order valence-electron chi connectivity index (χ4n) is 3.72. The molecule has 1 N–H and O–H groups in total. The van der Waals surface area contributed by atoms with Crippen molar-refractivity contribution in [3.63, 3.8) is 0 Å². The van der Waals surface area contributed by atoms with Crippen LogP contribution in [0.4, 0.5) is 5.69 Å². The summed E-state index contributed by atoms with van der Waals surface area (Å²) >= 11 is 0. The molecule has 0 aliphatic carbocycles. The zero-order chi connectivity index (χ0) is 18.1. The molecule has 0 unspecified atom stereocenters. The summed E-state index contributed by atoms with van der Waals surface area (Å²) in [5.41, 5.74) is 4.24. The second kappa shape index (κ2) is 6.56. The van der Waals surface area contributed by atoms with E-state index >= 15 is 0 Å². The van der Waals surface area contributed by atoms with Gasteiger partial charge in [0.25, 0.3) is 5.56 Å². The Labute approximate surface area is 146 Å². The molecule has 0 radical (unpaired) electrons. The molecule has 0 bridgehead atoms. The summed E-state index contributed by atoms with van der Waals surface area (Å²) < 4.78 is 0. The minimum absolute atomic E-state index is 0.0703. The van der Waals surface area contributed by atoms with Crippen molar-refractivity contribution in [2.45, 2.75) is 46.1 Å². The van der Waals surface area contributed by atoms with Crippen LogP contribution in [0.3, 0.4) is 0 Å². The molecule has 3 rings (SSSR count). The highest BCUT2D eigenvalue weighted by Gasteiger charge is 2.30. The Bertz CT molecular complexity index is 937. The van der Waals surface area contributed by atoms with E-state index in [0.29, 0.717) is 18.4 Å². The highest BCUT2D eigenvalue weighted by molar-refractivity contribution is 5.96. The molecule has 1 aliphatic rings. The average Bonchev–Trinajstić information content (AvgIpc) is 2.90. The minimum Gasteiger partial charge on any atom is -0.325 e. The first-order valence-corrected chi connectivity index (χ1v) is 8.46. The Morgan fingerprint density at radius 3 is 2.80 bits per heavy atom. The maximum atomic E-state index is 12.8. The molecule has 1 aromatic heterocycles. The van der Waals surface area contributed by atoms with Gasteiger partial charge in [-0.05, 0) is 56.4 Å². The number of aromatic nitrogens is 1. The number of amides is 1. The Kier molecular flexibility index (Phi) is 4.45. The molecule has 0 spiro atoms. The van der Waals surface area contributed by atoms with Crippen LogP contribution < -0.4 is 10.5 Å². The molecular formula is C20H21N3O2. The van der Waals surface area contributed by atoms with Crippen LogP contribution in [0.1, 0.15) is 41.3 Å². The van der Waals surface area contributed by atoms with Crippen LogP contribution in [0.25, 0.3) is 0 Å². The number of fused-ring (bicyclic) bond motifs is 1. The first kappa shape index (κ1) is 17.0. The standard InChI is InChI=1S/C20H21N3O2/c1-12-10-15-6-4-5-7-18(15)23(12)19(24)9-8-16-13(2)17(11-21)20(25)22-14(16)3/h4-7,12H,8-10H2,1-3H3,(H,22,25)/t12-/m1/s1. The van der Waals surface area contributed by atoms with Crippen molar-refractivity contribution in [2.24, 2.45) is 0 Å². The van der Waals surface area contributed by atoms with E-state index in [1.807, 2.05) is 36.1 Å². The Hall–Kier alpha value is -2.87. The van der Waals surface area contributed by atoms with Gasteiger partial charge in [0.2, 0.25) is 5.91 Å². The smallest absolute Gasteiger partial charge is 0.266 e. The van der Waals surface area contributed by atoms with Crippen molar-refractivity contribution < 1.29 is 4.79 Å². The zero-order valence-corrected chi connectivity index (χ0v) is 14.7. The number of nitriles is 1. The van der Waals surface area contributed by atoms with Gasteiger partial charge in [0.05, 0.1) is 0 Å². The van der Waals surface area contributed by atoms with Gasteiger partial charge in [-0.2, -0.15) is 5.26 Å². The van der Waals surface area contributed by atoms with Gasteiger partial charge >= 0.3 is 0 Å². The third kappa shape index (κ3) is 2.96. The number of rotatable bonds is 3. The van der Waals surface area contributed by atoms with E-state index in [1.54, 1.807) is 6.92 Å². The predicted octanol–water partition coefficient (Wildman–Crippen LogP) is 2.77. The number of hydrogen-bond acceptors (Lipinski definition) is 3. The maximum Gasteiger partial charge on any atom is 0.266 e. The molecular weight excluding hydrogens is 314 g/mol. The number of carbonyl (C=O) groups excluding carboxylic acids is 1. The maximum absolute atomic E-state index is 12.8. The molecule has 128 valence electrons. The summed E-state index contributed by atoms with van der Waals surface area (Å²) in [4.78, 5) is 29.2. The van der Waals surface area contributed by atoms with Crippen LogP contribution in [0.2, 0.25) is 0 Å². The topological polar surface area (TPSA) is 77.0 Å². The first-order chi connectivity index (χ1) is 11.9. The van der Waals surface area contributed by atoms with E-state index in [1.165, 1.54) is 5.56 Å². The molecule has 1 aliphatic heterocycles. The number of hydrogen-bond donors (Lipinski definition) is 1. The lowest BCUT2D eigenvalue weighted by molar-refractivity contribution is -0.118. The Balaban J connectivity index is 1.83. The third-order valence-electron chi connectivity index (χ3n) is 4.99. The van der Waals surface area contributed by atoms with Gasteiger partial charge in [-0.15, -0.1) is 0 Å². The number of nitrogens with one attached hydrogen (secondary N) is 1. The SMILES string of the molecule is Cc1[nH]c(=O)c(C#N)c(C)c1CCC(=O)N1c2ccccc2C[C@H]1C. The molecule has 5 nitrogen and oxygen atoms in total. The summed E-state index contributed by atoms with van der Waals surface area (Å²) in [7, 11) is 0. The van der Waals surface area contributed by atoms with Gasteiger partial charge in [-0.25, -0.2) is 0 Å². The fraction of sp³-hybridized carbons (Fsp3) is 0.350. The second-order valence-electron chi connectivity index (χ2n) is 6.62. The molecule has 1 aromatic carbocycles. The quantitative estimate of drug-likeness (QED) is 0.937. The number of H-pyrrole nitrogens is 1. The van der Waals surface area contributed by atoms with E-state index in [-0.39, 0.29) is 23.1 Å². The van der Waals surface area contributed by atoms with E-state index < -0.39 is 0 Å². The van der Waals surface area contributed by atoms with Gasteiger partial charge in [0.1, 0.15) is 11.6 Å². The number of benzene rings is 1. The predicted molar refractivity (Wildman–Crippen MR) is 96.7 cm³/mol. The summed E-state index contributed by atoms with van der Waals surface area (Å²) in [6, 6.07) is 10.1. The molecule has 25 heavy (non-hydrogen) atoms. The average molecular weight is 335 g/mol. The Morgan fingerprint density at radius 1 is 1.36 bits per heavy atom. The van der Waals surface area contributed by atoms with Crippen molar-refractivity contribution in [3.8, 4) is 6.07 Å². The summed E-state index contributed by atoms with van der Waals surface area (Å²) in [5.74, 6) is 0.0703. The van der Waals surface area contributed by atoms with E-state index in [0.717, 1.165) is 23.4 Å². The number of nitrogens with zero attached hydrogens (tertiary/aromatic N) is 2. The normalized spacial score (nSPS) is 15.8. The zero-order valence-electron chi connectivity index (χ0n) is 14.7. The number of anilines is 1.